The molecule has 0 radical (unpaired) electrons. The summed E-state index contributed by atoms with van der Waals surface area (Å²) in [5.74, 6) is 0. The van der Waals surface area contributed by atoms with Crippen molar-refractivity contribution in [3.8, 4) is 0 Å². The van der Waals surface area contributed by atoms with Crippen LogP contribution in [0.2, 0.25) is 0 Å². The Hall–Kier alpha value is -1.53. The third-order valence-corrected chi connectivity index (χ3v) is 5.71. The van der Waals surface area contributed by atoms with Gasteiger partial charge in [-0.2, -0.15) is 0 Å². The quantitative estimate of drug-likeness (QED) is 0.718. The first-order valence-electron chi connectivity index (χ1n) is 7.02. The number of hydrogen-bond acceptors (Lipinski definition) is 5. The summed E-state index contributed by atoms with van der Waals surface area (Å²) in [6.07, 6.45) is 8.55. The molecule has 0 unspecified atom stereocenters. The topological polar surface area (TPSA) is 42.7 Å². The smallest absolute Gasteiger partial charge is 0.150 e. The number of hydrogen-bond donors (Lipinski definition) is 1. The predicted molar refractivity (Wildman–Crippen MR) is 89.2 cm³/mol. The molecule has 2 heterocycles. The van der Waals surface area contributed by atoms with Crippen molar-refractivity contribution in [3.63, 3.8) is 0 Å². The predicted octanol–water partition coefficient (Wildman–Crippen LogP) is 4.16. The molecule has 1 fully saturated rings. The monoisotopic (exact) mass is 316 g/mol. The molecule has 1 N–H and O–H groups in total. The fraction of sp³-hybridized carbons (Fsp3) is 0.333. The Labute approximate surface area is 131 Å². The first kappa shape index (κ1) is 13.2. The molecule has 4 nitrogen and oxygen atoms in total. The van der Waals surface area contributed by atoms with E-state index in [1.54, 1.807) is 23.1 Å². The number of aromatic nitrogens is 3. The highest BCUT2D eigenvalue weighted by atomic mass is 32.2. The van der Waals surface area contributed by atoms with E-state index in [0.29, 0.717) is 6.04 Å². The molecule has 0 saturated heterocycles. The lowest BCUT2D eigenvalue weighted by molar-refractivity contribution is 0.701. The van der Waals surface area contributed by atoms with E-state index >= 15 is 0 Å². The van der Waals surface area contributed by atoms with E-state index in [1.807, 2.05) is 12.5 Å². The van der Waals surface area contributed by atoms with E-state index in [4.69, 9.17) is 0 Å². The lowest BCUT2D eigenvalue weighted by Crippen LogP contribution is -2.05. The summed E-state index contributed by atoms with van der Waals surface area (Å²) in [6.45, 7) is 0.816. The summed E-state index contributed by atoms with van der Waals surface area (Å²) < 4.78 is 4.65. The van der Waals surface area contributed by atoms with Gasteiger partial charge >= 0.3 is 0 Å². The van der Waals surface area contributed by atoms with Crippen molar-refractivity contribution in [1.29, 1.82) is 0 Å². The summed E-state index contributed by atoms with van der Waals surface area (Å²) in [5.41, 5.74) is 3.48. The van der Waals surface area contributed by atoms with Crippen molar-refractivity contribution in [3.05, 3.63) is 36.4 Å². The Balaban J connectivity index is 1.52. The maximum Gasteiger partial charge on any atom is 0.150 e. The zero-order valence-electron chi connectivity index (χ0n) is 11.7. The Morgan fingerprint density at radius 2 is 2.33 bits per heavy atom. The summed E-state index contributed by atoms with van der Waals surface area (Å²) in [5, 5.41) is 3.50. The molecule has 0 aliphatic heterocycles. The molecule has 4 rings (SSSR count). The zero-order valence-corrected chi connectivity index (χ0v) is 13.4. The van der Waals surface area contributed by atoms with Gasteiger partial charge in [0.15, 0.2) is 4.34 Å². The molecule has 1 aliphatic carbocycles. The Bertz CT molecular complexity index is 773. The number of imidazole rings is 1. The number of nitrogens with zero attached hydrogens (tertiary/aromatic N) is 3. The second-order valence-corrected chi connectivity index (χ2v) is 7.33. The number of nitrogens with one attached hydrogen (secondary N) is 1. The number of rotatable bonds is 5. The SMILES string of the molecule is CSc1nc2ccc(NCc3cncn3C3CC3)cc2s1. The standard InChI is InChI=1S/C15H16N4S2/c1-20-15-18-13-5-2-10(6-14(13)21-15)17-8-12-7-16-9-19(12)11-3-4-11/h2,5-7,9,11,17H,3-4,8H2,1H3. The van der Waals surface area contributed by atoms with E-state index < -0.39 is 0 Å². The minimum atomic E-state index is 0.678. The van der Waals surface area contributed by atoms with Crippen LogP contribution in [-0.2, 0) is 6.54 Å². The fourth-order valence-corrected chi connectivity index (χ4v) is 3.97. The van der Waals surface area contributed by atoms with E-state index in [2.05, 4.69) is 44.3 Å². The van der Waals surface area contributed by atoms with Crippen LogP contribution in [-0.4, -0.2) is 20.8 Å². The molecule has 2 aromatic heterocycles. The van der Waals surface area contributed by atoms with Crippen molar-refractivity contribution in [2.24, 2.45) is 0 Å². The first-order valence-corrected chi connectivity index (χ1v) is 9.07. The molecule has 1 saturated carbocycles. The lowest BCUT2D eigenvalue weighted by Gasteiger charge is -2.09. The normalized spacial score (nSPS) is 14.7. The summed E-state index contributed by atoms with van der Waals surface area (Å²) in [4.78, 5) is 8.84. The second-order valence-electron chi connectivity index (χ2n) is 5.24. The van der Waals surface area contributed by atoms with E-state index in [0.717, 1.165) is 22.1 Å². The average molecular weight is 316 g/mol. The molecule has 0 atom stereocenters. The van der Waals surface area contributed by atoms with Gasteiger partial charge in [0.2, 0.25) is 0 Å². The van der Waals surface area contributed by atoms with Crippen molar-refractivity contribution < 1.29 is 0 Å². The third kappa shape index (κ3) is 2.65. The number of fused-ring (bicyclic) bond motifs is 1. The van der Waals surface area contributed by atoms with Crippen LogP contribution in [0.4, 0.5) is 5.69 Å². The molecule has 21 heavy (non-hydrogen) atoms. The molecule has 0 bridgehead atoms. The van der Waals surface area contributed by atoms with Crippen LogP contribution >= 0.6 is 23.1 Å². The first-order chi connectivity index (χ1) is 10.3. The fourth-order valence-electron chi connectivity index (χ4n) is 2.44. The summed E-state index contributed by atoms with van der Waals surface area (Å²) in [6, 6.07) is 7.05. The molecule has 0 amide bonds. The summed E-state index contributed by atoms with van der Waals surface area (Å²) >= 11 is 3.45. The molecule has 6 heteroatoms. The van der Waals surface area contributed by atoms with Crippen LogP contribution in [0.3, 0.4) is 0 Å². The third-order valence-electron chi connectivity index (χ3n) is 3.70. The van der Waals surface area contributed by atoms with Crippen LogP contribution in [0.1, 0.15) is 24.6 Å². The molecular formula is C15H16N4S2. The maximum absolute atomic E-state index is 4.57. The van der Waals surface area contributed by atoms with E-state index in [9.17, 15) is 0 Å². The molecule has 0 spiro atoms. The van der Waals surface area contributed by atoms with Crippen LogP contribution < -0.4 is 5.32 Å². The maximum atomic E-state index is 4.57. The number of anilines is 1. The molecule has 1 aromatic carbocycles. The van der Waals surface area contributed by atoms with Crippen molar-refractivity contribution in [2.45, 2.75) is 29.8 Å². The van der Waals surface area contributed by atoms with Crippen LogP contribution in [0.25, 0.3) is 10.2 Å². The molecular weight excluding hydrogens is 300 g/mol. The van der Waals surface area contributed by atoms with E-state index in [-0.39, 0.29) is 0 Å². The second kappa shape index (κ2) is 5.35. The van der Waals surface area contributed by atoms with Gasteiger partial charge < -0.3 is 9.88 Å². The largest absolute Gasteiger partial charge is 0.379 e. The lowest BCUT2D eigenvalue weighted by atomic mass is 10.3. The highest BCUT2D eigenvalue weighted by Gasteiger charge is 2.24. The van der Waals surface area contributed by atoms with Crippen molar-refractivity contribution in [1.82, 2.24) is 14.5 Å². The zero-order chi connectivity index (χ0) is 14.2. The molecule has 3 aromatic rings. The van der Waals surface area contributed by atoms with Gasteiger partial charge in [-0.15, -0.1) is 11.3 Å². The Morgan fingerprint density at radius 1 is 1.43 bits per heavy atom. The molecule has 108 valence electrons. The van der Waals surface area contributed by atoms with Crippen LogP contribution in [0.15, 0.2) is 35.1 Å². The number of benzene rings is 1. The van der Waals surface area contributed by atoms with E-state index in [1.165, 1.54) is 23.2 Å². The summed E-state index contributed by atoms with van der Waals surface area (Å²) in [7, 11) is 0. The number of thioether (sulfide) groups is 1. The highest BCUT2D eigenvalue weighted by molar-refractivity contribution is 8.00. The Morgan fingerprint density at radius 3 is 3.14 bits per heavy atom. The van der Waals surface area contributed by atoms with Gasteiger partial charge in [-0.3, -0.25) is 0 Å². The van der Waals surface area contributed by atoms with Gasteiger partial charge in [0.05, 0.1) is 28.8 Å². The minimum Gasteiger partial charge on any atom is -0.379 e. The van der Waals surface area contributed by atoms with Gasteiger partial charge in [-0.25, -0.2) is 9.97 Å². The van der Waals surface area contributed by atoms with Gasteiger partial charge in [-0.1, -0.05) is 11.8 Å². The van der Waals surface area contributed by atoms with Gasteiger partial charge in [0.1, 0.15) is 0 Å². The van der Waals surface area contributed by atoms with Gasteiger partial charge in [-0.05, 0) is 37.3 Å². The van der Waals surface area contributed by atoms with Crippen LogP contribution in [0.5, 0.6) is 0 Å². The Kier molecular flexibility index (Phi) is 3.35. The molecule has 1 aliphatic rings. The van der Waals surface area contributed by atoms with Crippen molar-refractivity contribution in [2.75, 3.05) is 11.6 Å². The minimum absolute atomic E-state index is 0.678. The van der Waals surface area contributed by atoms with Crippen LogP contribution in [0, 0.1) is 0 Å². The van der Waals surface area contributed by atoms with Crippen molar-refractivity contribution >= 4 is 39.0 Å². The average Bonchev–Trinajstić information content (AvgIpc) is 3.10. The number of thiazole rings is 1. The van der Waals surface area contributed by atoms with Gasteiger partial charge in [0, 0.05) is 17.9 Å². The highest BCUT2D eigenvalue weighted by Crippen LogP contribution is 2.36. The van der Waals surface area contributed by atoms with Gasteiger partial charge in [0.25, 0.3) is 0 Å².